The average Bonchev–Trinajstić information content (AvgIpc) is 3.91. The summed E-state index contributed by atoms with van der Waals surface area (Å²) < 4.78 is 49.7. The Labute approximate surface area is 500 Å². The van der Waals surface area contributed by atoms with Crippen molar-refractivity contribution >= 4 is 81.9 Å². The summed E-state index contributed by atoms with van der Waals surface area (Å²) in [6.07, 6.45) is 1.95. The van der Waals surface area contributed by atoms with Gasteiger partial charge in [-0.2, -0.15) is 0 Å². The first-order valence-corrected chi connectivity index (χ1v) is 27.8. The normalized spacial score (nSPS) is 12.7. The molecule has 4 aromatic carbocycles. The van der Waals surface area contributed by atoms with Crippen LogP contribution in [0.4, 0.5) is 5.69 Å². The van der Waals surface area contributed by atoms with Crippen molar-refractivity contribution in [2.24, 2.45) is 5.73 Å². The molecule has 5 rings (SSSR count). The summed E-state index contributed by atoms with van der Waals surface area (Å²) >= 11 is 19.3. The molecule has 4 aromatic rings. The predicted octanol–water partition coefficient (Wildman–Crippen LogP) is 4.58. The highest BCUT2D eigenvalue weighted by molar-refractivity contribution is 6.40. The van der Waals surface area contributed by atoms with E-state index in [9.17, 15) is 43.8 Å². The Bertz CT molecular complexity index is 2770. The third kappa shape index (κ3) is 25.6. The Morgan fingerprint density at radius 2 is 1.15 bits per heavy atom. The van der Waals surface area contributed by atoms with E-state index in [1.54, 1.807) is 36.4 Å². The molecule has 1 aliphatic rings. The van der Waals surface area contributed by atoms with Crippen molar-refractivity contribution in [2.75, 3.05) is 124 Å². The van der Waals surface area contributed by atoms with Gasteiger partial charge in [0.05, 0.1) is 132 Å². The van der Waals surface area contributed by atoms with Crippen LogP contribution in [0.15, 0.2) is 91.0 Å². The average molecular weight is 1230 g/mol. The molecule has 6 amide bonds. The number of halogens is 3. The molecular formula is C57H69Cl3N6O18. The maximum absolute atomic E-state index is 13.3. The van der Waals surface area contributed by atoms with E-state index < -0.39 is 47.8 Å². The van der Waals surface area contributed by atoms with Crippen molar-refractivity contribution in [3.63, 3.8) is 0 Å². The molecule has 0 saturated heterocycles. The maximum Gasteiger partial charge on any atom is 0.326 e. The summed E-state index contributed by atoms with van der Waals surface area (Å²) in [5.74, 6) is -3.90. The number of aliphatic carboxylic acids is 1. The number of phenolic OH excluding ortho intramolecular Hbond substituents is 1. The van der Waals surface area contributed by atoms with Crippen LogP contribution in [0.25, 0.3) is 0 Å². The van der Waals surface area contributed by atoms with Gasteiger partial charge in [-0.1, -0.05) is 59.1 Å². The van der Waals surface area contributed by atoms with Crippen LogP contribution in [-0.2, 0) is 70.0 Å². The van der Waals surface area contributed by atoms with E-state index in [1.807, 2.05) is 0 Å². The van der Waals surface area contributed by atoms with E-state index in [4.69, 9.17) is 83.2 Å². The molecule has 0 aromatic heterocycles. The monoisotopic (exact) mass is 1230 g/mol. The molecule has 2 atom stereocenters. The lowest BCUT2D eigenvalue weighted by Gasteiger charge is -2.16. The molecule has 84 heavy (non-hydrogen) atoms. The quantitative estimate of drug-likeness (QED) is 0.0181. The number of imide groups is 1. The second kappa shape index (κ2) is 38.2. The number of nitrogens with zero attached hydrogens (tertiary/aromatic N) is 1. The van der Waals surface area contributed by atoms with Gasteiger partial charge in [-0.15, -0.1) is 0 Å². The number of carbonyl (C=O) groups excluding carboxylic acids is 6. The first kappa shape index (κ1) is 68.0. The summed E-state index contributed by atoms with van der Waals surface area (Å²) in [6.45, 7) is 6.14. The second-order valence-corrected chi connectivity index (χ2v) is 19.3. The van der Waals surface area contributed by atoms with Gasteiger partial charge in [0.2, 0.25) is 5.91 Å². The molecular weight excluding hydrogens is 1160 g/mol. The lowest BCUT2D eigenvalue weighted by Crippen LogP contribution is -2.42. The van der Waals surface area contributed by atoms with Crippen LogP contribution in [0.1, 0.15) is 55.0 Å². The maximum atomic E-state index is 13.3. The zero-order valence-electron chi connectivity index (χ0n) is 46.0. The number of amides is 6. The van der Waals surface area contributed by atoms with Gasteiger partial charge in [0.25, 0.3) is 29.5 Å². The summed E-state index contributed by atoms with van der Waals surface area (Å²) in [7, 11) is 0. The van der Waals surface area contributed by atoms with Gasteiger partial charge < -0.3 is 79.8 Å². The Morgan fingerprint density at radius 3 is 1.70 bits per heavy atom. The minimum atomic E-state index is -1.36. The molecule has 24 nitrogen and oxygen atoms in total. The van der Waals surface area contributed by atoms with Crippen LogP contribution in [0.2, 0.25) is 15.1 Å². The smallest absolute Gasteiger partial charge is 0.326 e. The van der Waals surface area contributed by atoms with Gasteiger partial charge in [-0.25, -0.2) is 4.79 Å². The van der Waals surface area contributed by atoms with Crippen LogP contribution >= 0.6 is 34.8 Å². The minimum Gasteiger partial charge on any atom is -0.508 e. The summed E-state index contributed by atoms with van der Waals surface area (Å²) in [6, 6.07) is 18.2. The van der Waals surface area contributed by atoms with E-state index in [2.05, 4.69) is 21.3 Å². The SMILES string of the molecule is NC(CCOc1cc(Cl)c(C(=O)Nc2ccc(C[C@H](NC(=O)c3ccc(C(=O)NCc4cccc(O)c4)cc3Cl)C(=O)O)cc2)c(Cl)c1)OCCOCCOCCOCCOCCOCCOCCOCCNC(=O)CCN1C(=O)C=CC1=O. The summed E-state index contributed by atoms with van der Waals surface area (Å²) in [5.41, 5.74) is 7.75. The molecule has 0 radical (unpaired) electrons. The predicted molar refractivity (Wildman–Crippen MR) is 307 cm³/mol. The number of phenols is 1. The van der Waals surface area contributed by atoms with Gasteiger partial charge in [0.15, 0.2) is 0 Å². The Hall–Kier alpha value is -6.78. The van der Waals surface area contributed by atoms with Crippen LogP contribution in [0, 0.1) is 0 Å². The highest BCUT2D eigenvalue weighted by Crippen LogP contribution is 2.31. The fourth-order valence-electron chi connectivity index (χ4n) is 7.50. The van der Waals surface area contributed by atoms with Crippen molar-refractivity contribution in [3.8, 4) is 11.5 Å². The number of carbonyl (C=O) groups is 7. The highest BCUT2D eigenvalue weighted by Gasteiger charge is 2.25. The number of rotatable bonds is 42. The van der Waals surface area contributed by atoms with Crippen LogP contribution in [-0.4, -0.2) is 188 Å². The second-order valence-electron chi connectivity index (χ2n) is 18.1. The van der Waals surface area contributed by atoms with Crippen molar-refractivity contribution in [2.45, 2.75) is 38.1 Å². The number of nitrogens with one attached hydrogen (secondary N) is 4. The molecule has 0 bridgehead atoms. The molecule has 0 saturated carbocycles. The van der Waals surface area contributed by atoms with Gasteiger partial charge in [0, 0.05) is 62.3 Å². The van der Waals surface area contributed by atoms with Gasteiger partial charge >= 0.3 is 5.97 Å². The van der Waals surface area contributed by atoms with E-state index in [-0.39, 0.29) is 82.6 Å². The van der Waals surface area contributed by atoms with Gasteiger partial charge in [0.1, 0.15) is 23.8 Å². The number of anilines is 1. The zero-order valence-corrected chi connectivity index (χ0v) is 48.2. The Morgan fingerprint density at radius 1 is 0.595 bits per heavy atom. The number of carboxylic acids is 1. The minimum absolute atomic E-state index is 0.00387. The molecule has 1 aliphatic heterocycles. The van der Waals surface area contributed by atoms with Gasteiger partial charge in [-0.05, 0) is 65.7 Å². The third-order valence-corrected chi connectivity index (χ3v) is 12.7. The fourth-order valence-corrected chi connectivity index (χ4v) is 8.41. The number of ether oxygens (including phenoxy) is 9. The van der Waals surface area contributed by atoms with Crippen molar-refractivity contribution in [3.05, 3.63) is 134 Å². The first-order valence-electron chi connectivity index (χ1n) is 26.7. The van der Waals surface area contributed by atoms with Crippen LogP contribution in [0.3, 0.4) is 0 Å². The summed E-state index contributed by atoms with van der Waals surface area (Å²) in [5, 5.41) is 30.1. The van der Waals surface area contributed by atoms with Crippen LogP contribution < -0.4 is 31.7 Å². The first-order chi connectivity index (χ1) is 40.6. The number of aromatic hydroxyl groups is 1. The molecule has 0 aliphatic carbocycles. The number of benzene rings is 4. The van der Waals surface area contributed by atoms with E-state index in [0.717, 1.165) is 4.90 Å². The number of nitrogens with two attached hydrogens (primary N) is 1. The Balaban J connectivity index is 0.821. The van der Waals surface area contributed by atoms with E-state index in [0.29, 0.717) is 128 Å². The number of hydrogen-bond donors (Lipinski definition) is 7. The third-order valence-electron chi connectivity index (χ3n) is 11.8. The van der Waals surface area contributed by atoms with Crippen molar-refractivity contribution < 1.29 is 86.4 Å². The van der Waals surface area contributed by atoms with Crippen molar-refractivity contribution in [1.29, 1.82) is 0 Å². The van der Waals surface area contributed by atoms with Crippen LogP contribution in [0.5, 0.6) is 11.5 Å². The zero-order chi connectivity index (χ0) is 60.5. The molecule has 27 heteroatoms. The topological polar surface area (TPSA) is 320 Å². The standard InChI is InChI=1S/C57H69Cl3N6O18/c58-45-34-40(54(71)63-37-39-2-1-3-42(67)32-39)6-9-44(45)55(72)65-48(57(74)75)33-38-4-7-41(8-5-38)64-56(73)53-46(59)35-43(36-47(53)60)83-16-13-49(61)84-31-30-82-29-28-81-27-26-80-25-24-79-23-22-78-21-20-77-19-18-76-17-14-62-50(68)12-15-66-51(69)10-11-52(66)70/h1-11,32,34-36,48-49,67H,12-31,33,37,61H2,(H,62,68)(H,63,71)(H,64,73)(H,65,72)(H,74,75)/t48-,49?/m0/s1. The lowest BCUT2D eigenvalue weighted by molar-refractivity contribution is -0.139. The van der Waals surface area contributed by atoms with Gasteiger partial charge in [-0.3, -0.25) is 33.7 Å². The Kier molecular flexibility index (Phi) is 30.9. The molecule has 1 heterocycles. The van der Waals surface area contributed by atoms with Crippen molar-refractivity contribution in [1.82, 2.24) is 20.9 Å². The molecule has 8 N–H and O–H groups in total. The lowest BCUT2D eigenvalue weighted by atomic mass is 10.0. The fraction of sp³-hybridized carbons (Fsp3) is 0.421. The van der Waals surface area contributed by atoms with E-state index >= 15 is 0 Å². The number of carboxylic acid groups (broad SMARTS) is 1. The largest absolute Gasteiger partial charge is 0.508 e. The molecule has 1 unspecified atom stereocenters. The molecule has 0 fully saturated rings. The van der Waals surface area contributed by atoms with E-state index in [1.165, 1.54) is 54.6 Å². The number of hydrogen-bond acceptors (Lipinski definition) is 18. The summed E-state index contributed by atoms with van der Waals surface area (Å²) in [4.78, 5) is 87.2. The highest BCUT2D eigenvalue weighted by atomic mass is 35.5. The molecule has 456 valence electrons. The molecule has 0 spiro atoms.